The number of para-hydroxylation sites is 1. The van der Waals surface area contributed by atoms with Gasteiger partial charge in [-0.1, -0.05) is 50.8 Å². The lowest BCUT2D eigenvalue weighted by atomic mass is 10.1. The first-order chi connectivity index (χ1) is 14.1. The molecule has 0 amide bonds. The Morgan fingerprint density at radius 1 is 1.24 bits per heavy atom. The molecule has 0 fully saturated rings. The van der Waals surface area contributed by atoms with Crippen LogP contribution in [-0.4, -0.2) is 55.0 Å². The number of ether oxygens (including phenoxy) is 1. The molecule has 1 aromatic rings. The van der Waals surface area contributed by atoms with Gasteiger partial charge in [-0.05, 0) is 31.5 Å². The summed E-state index contributed by atoms with van der Waals surface area (Å²) in [6.07, 6.45) is 10.0. The molecular formula is C22H37N5O2. The molecule has 1 aliphatic heterocycles. The molecule has 1 heterocycles. The van der Waals surface area contributed by atoms with Crippen LogP contribution in [0.4, 0.5) is 0 Å². The molecule has 7 nitrogen and oxygen atoms in total. The van der Waals surface area contributed by atoms with E-state index in [1.807, 2.05) is 36.5 Å². The fourth-order valence-corrected chi connectivity index (χ4v) is 3.19. The monoisotopic (exact) mass is 403 g/mol. The highest BCUT2D eigenvalue weighted by atomic mass is 16.5. The molecule has 5 N–H and O–H groups in total. The lowest BCUT2D eigenvalue weighted by Gasteiger charge is -2.28. The summed E-state index contributed by atoms with van der Waals surface area (Å²) in [5, 5.41) is 8.37. The van der Waals surface area contributed by atoms with E-state index < -0.39 is 0 Å². The quantitative estimate of drug-likeness (QED) is 0.299. The molecule has 2 rings (SSSR count). The van der Waals surface area contributed by atoms with Gasteiger partial charge in [0.2, 0.25) is 0 Å². The van der Waals surface area contributed by atoms with E-state index in [9.17, 15) is 0 Å². The standard InChI is InChI=1S/C15H21N5O.C7H16O/c1-18-12-7-8-20(14(12)15(17)19-10-16)9-11-5-3-4-6-13(11)21-2;1-2-3-4-5-6-7-8/h3-8,12,14H,1,9-10,16H2,2H3,(H2,17,19);8H,2-7H2,1H3. The maximum absolute atomic E-state index is 8.37. The van der Waals surface area contributed by atoms with Crippen LogP contribution >= 0.6 is 0 Å². The van der Waals surface area contributed by atoms with Gasteiger partial charge >= 0.3 is 0 Å². The van der Waals surface area contributed by atoms with Crippen molar-refractivity contribution < 1.29 is 9.84 Å². The number of rotatable bonds is 11. The zero-order chi connectivity index (χ0) is 21.5. The molecular weight excluding hydrogens is 366 g/mol. The second-order valence-corrected chi connectivity index (χ2v) is 6.85. The average Bonchev–Trinajstić information content (AvgIpc) is 3.15. The second kappa shape index (κ2) is 14.6. The Morgan fingerprint density at radius 3 is 2.59 bits per heavy atom. The number of aliphatic hydroxyl groups is 1. The van der Waals surface area contributed by atoms with Gasteiger partial charge in [-0.2, -0.15) is 0 Å². The Balaban J connectivity index is 0.000000447. The fraction of sp³-hybridized carbons (Fsp3) is 0.545. The summed E-state index contributed by atoms with van der Waals surface area (Å²) < 4.78 is 5.38. The maximum Gasteiger partial charge on any atom is 0.123 e. The van der Waals surface area contributed by atoms with Crippen LogP contribution in [0.25, 0.3) is 0 Å². The van der Waals surface area contributed by atoms with Gasteiger partial charge in [-0.3, -0.25) is 9.98 Å². The number of unbranched alkanes of at least 4 members (excludes halogenated alkanes) is 4. The zero-order valence-corrected chi connectivity index (χ0v) is 17.8. The van der Waals surface area contributed by atoms with Gasteiger partial charge in [0, 0.05) is 18.7 Å². The molecule has 2 unspecified atom stereocenters. The lowest BCUT2D eigenvalue weighted by Crippen LogP contribution is -2.45. The van der Waals surface area contributed by atoms with Crippen molar-refractivity contribution in [3.8, 4) is 5.75 Å². The zero-order valence-electron chi connectivity index (χ0n) is 17.8. The Hall–Kier alpha value is -2.38. The van der Waals surface area contributed by atoms with Crippen LogP contribution in [0.1, 0.15) is 44.6 Å². The molecule has 0 spiro atoms. The van der Waals surface area contributed by atoms with Gasteiger partial charge in [0.25, 0.3) is 0 Å². The molecule has 1 aliphatic rings. The first-order valence-corrected chi connectivity index (χ1v) is 10.2. The number of methoxy groups -OCH3 is 1. The highest BCUT2D eigenvalue weighted by Gasteiger charge is 2.31. The van der Waals surface area contributed by atoms with Crippen molar-refractivity contribution >= 4 is 12.6 Å². The van der Waals surface area contributed by atoms with Crippen molar-refractivity contribution in [2.24, 2.45) is 21.5 Å². The molecule has 0 aromatic heterocycles. The first kappa shape index (κ1) is 24.7. The number of nitrogens with two attached hydrogens (primary N) is 2. The van der Waals surface area contributed by atoms with Crippen LogP contribution in [0.15, 0.2) is 46.5 Å². The molecule has 0 saturated carbocycles. The maximum atomic E-state index is 8.37. The number of hydrogen-bond acceptors (Lipinski definition) is 6. The molecule has 0 aliphatic carbocycles. The summed E-state index contributed by atoms with van der Waals surface area (Å²) in [5.41, 5.74) is 12.6. The van der Waals surface area contributed by atoms with E-state index in [2.05, 4.69) is 28.5 Å². The van der Waals surface area contributed by atoms with E-state index >= 15 is 0 Å². The summed E-state index contributed by atoms with van der Waals surface area (Å²) >= 11 is 0. The minimum Gasteiger partial charge on any atom is -0.496 e. The largest absolute Gasteiger partial charge is 0.496 e. The fourth-order valence-electron chi connectivity index (χ4n) is 3.19. The van der Waals surface area contributed by atoms with Crippen LogP contribution in [0.2, 0.25) is 0 Å². The average molecular weight is 404 g/mol. The van der Waals surface area contributed by atoms with Crippen molar-refractivity contribution in [1.29, 1.82) is 0 Å². The summed E-state index contributed by atoms with van der Waals surface area (Å²) in [6.45, 7) is 6.99. The highest BCUT2D eigenvalue weighted by Crippen LogP contribution is 2.25. The minimum absolute atomic E-state index is 0.116. The number of hydrogen-bond donors (Lipinski definition) is 3. The van der Waals surface area contributed by atoms with Gasteiger partial charge in [-0.25, -0.2) is 0 Å². The van der Waals surface area contributed by atoms with E-state index in [4.69, 9.17) is 21.3 Å². The summed E-state index contributed by atoms with van der Waals surface area (Å²) in [5.74, 6) is 1.31. The third kappa shape index (κ3) is 8.25. The van der Waals surface area contributed by atoms with E-state index in [-0.39, 0.29) is 18.8 Å². The van der Waals surface area contributed by atoms with Crippen LogP contribution in [0, 0.1) is 0 Å². The molecule has 0 bridgehead atoms. The van der Waals surface area contributed by atoms with Crippen molar-refractivity contribution in [3.05, 3.63) is 42.1 Å². The highest BCUT2D eigenvalue weighted by molar-refractivity contribution is 5.87. The van der Waals surface area contributed by atoms with E-state index in [0.29, 0.717) is 19.0 Å². The van der Waals surface area contributed by atoms with Crippen molar-refractivity contribution in [3.63, 3.8) is 0 Å². The molecule has 2 atom stereocenters. The first-order valence-electron chi connectivity index (χ1n) is 10.2. The van der Waals surface area contributed by atoms with Crippen molar-refractivity contribution in [1.82, 2.24) is 4.90 Å². The van der Waals surface area contributed by atoms with E-state index in [1.54, 1.807) is 7.11 Å². The molecule has 0 saturated heterocycles. The third-order valence-corrected chi connectivity index (χ3v) is 4.75. The van der Waals surface area contributed by atoms with Crippen molar-refractivity contribution in [2.45, 2.75) is 57.7 Å². The van der Waals surface area contributed by atoms with Crippen molar-refractivity contribution in [2.75, 3.05) is 20.4 Å². The molecule has 0 radical (unpaired) electrons. The summed E-state index contributed by atoms with van der Waals surface area (Å²) in [7, 11) is 1.66. The van der Waals surface area contributed by atoms with Gasteiger partial charge < -0.3 is 26.2 Å². The molecule has 162 valence electrons. The van der Waals surface area contributed by atoms with Gasteiger partial charge in [0.15, 0.2) is 0 Å². The van der Waals surface area contributed by atoms with Crippen LogP contribution < -0.4 is 16.2 Å². The predicted octanol–water partition coefficient (Wildman–Crippen LogP) is 2.68. The Bertz CT molecular complexity index is 642. The van der Waals surface area contributed by atoms with E-state index in [0.717, 1.165) is 17.7 Å². The van der Waals surface area contributed by atoms with Crippen LogP contribution in [-0.2, 0) is 6.54 Å². The number of amidine groups is 1. The Labute approximate surface area is 175 Å². The Morgan fingerprint density at radius 2 is 1.97 bits per heavy atom. The lowest BCUT2D eigenvalue weighted by molar-refractivity contribution is 0.282. The van der Waals surface area contributed by atoms with E-state index in [1.165, 1.54) is 25.7 Å². The number of aliphatic imine (C=N–C) groups is 2. The number of nitrogens with zero attached hydrogens (tertiary/aromatic N) is 3. The number of aliphatic hydroxyl groups excluding tert-OH is 1. The normalized spacial score (nSPS) is 18.3. The van der Waals surface area contributed by atoms with Crippen LogP contribution in [0.5, 0.6) is 5.75 Å². The molecule has 1 aromatic carbocycles. The second-order valence-electron chi connectivity index (χ2n) is 6.85. The smallest absolute Gasteiger partial charge is 0.123 e. The Kier molecular flexibility index (Phi) is 12.4. The topological polar surface area (TPSA) is 109 Å². The SMILES string of the molecule is C=NC1C=CN(Cc2ccccc2OC)C1/C(N)=N\CN.CCCCCCCO. The van der Waals surface area contributed by atoms with Gasteiger partial charge in [-0.15, -0.1) is 0 Å². The minimum atomic E-state index is -0.157. The number of benzene rings is 1. The molecule has 7 heteroatoms. The molecule has 29 heavy (non-hydrogen) atoms. The van der Waals surface area contributed by atoms with Crippen LogP contribution in [0.3, 0.4) is 0 Å². The third-order valence-electron chi connectivity index (χ3n) is 4.75. The summed E-state index contributed by atoms with van der Waals surface area (Å²) in [4.78, 5) is 10.3. The predicted molar refractivity (Wildman–Crippen MR) is 121 cm³/mol. The van der Waals surface area contributed by atoms with Gasteiger partial charge in [0.1, 0.15) is 17.6 Å². The summed E-state index contributed by atoms with van der Waals surface area (Å²) in [6, 6.07) is 7.61. The van der Waals surface area contributed by atoms with Gasteiger partial charge in [0.05, 0.1) is 19.8 Å².